The highest BCUT2D eigenvalue weighted by molar-refractivity contribution is 7.80. The zero-order valence-electron chi connectivity index (χ0n) is 13.0. The Morgan fingerprint density at radius 3 is 2.50 bits per heavy atom. The number of hydrogen-bond donors (Lipinski definition) is 2. The van der Waals surface area contributed by atoms with Crippen LogP contribution in [0.1, 0.15) is 11.1 Å². The summed E-state index contributed by atoms with van der Waals surface area (Å²) >= 11 is 6.80. The van der Waals surface area contributed by atoms with Crippen molar-refractivity contribution >= 4 is 55.4 Å². The fourth-order valence-corrected chi connectivity index (χ4v) is 3.39. The summed E-state index contributed by atoms with van der Waals surface area (Å²) in [6.45, 7) is 4.13. The van der Waals surface area contributed by atoms with E-state index in [1.807, 2.05) is 0 Å². The van der Waals surface area contributed by atoms with Gasteiger partial charge in [-0.15, -0.1) is 0 Å². The number of non-ortho nitro benzene ring substituents is 1. The van der Waals surface area contributed by atoms with Crippen LogP contribution in [0.5, 0.6) is 0 Å². The van der Waals surface area contributed by atoms with Crippen LogP contribution in [0.2, 0.25) is 0 Å². The van der Waals surface area contributed by atoms with Gasteiger partial charge in [-0.2, -0.15) is 0 Å². The van der Waals surface area contributed by atoms with Crippen molar-refractivity contribution in [2.75, 3.05) is 10.6 Å². The van der Waals surface area contributed by atoms with Crippen LogP contribution < -0.4 is 10.6 Å². The number of aryl methyl sites for hydroxylation is 2. The standard InChI is InChI=1S/C16H14N4O2S2/c1-9-7-13-14(8-10(9)2)24-16(18-13)19-15(23)17-11-3-5-12(6-4-11)20(21)22/h3-8H,1-2H3,(H2,17,18,19,23). The second-order valence-corrected chi connectivity index (χ2v) is 6.75. The Bertz CT molecular complexity index is 896. The van der Waals surface area contributed by atoms with E-state index in [1.54, 1.807) is 12.1 Å². The molecule has 6 nitrogen and oxygen atoms in total. The topological polar surface area (TPSA) is 80.1 Å². The van der Waals surface area contributed by atoms with Crippen molar-refractivity contribution in [2.45, 2.75) is 13.8 Å². The lowest BCUT2D eigenvalue weighted by atomic mass is 10.1. The summed E-state index contributed by atoms with van der Waals surface area (Å²) in [4.78, 5) is 14.7. The summed E-state index contributed by atoms with van der Waals surface area (Å²) < 4.78 is 1.10. The van der Waals surface area contributed by atoms with Crippen LogP contribution in [0.25, 0.3) is 10.2 Å². The van der Waals surface area contributed by atoms with Crippen molar-refractivity contribution < 1.29 is 4.92 Å². The lowest BCUT2D eigenvalue weighted by molar-refractivity contribution is -0.384. The number of nitrogens with one attached hydrogen (secondary N) is 2. The summed E-state index contributed by atoms with van der Waals surface area (Å²) in [6, 6.07) is 10.2. The van der Waals surface area contributed by atoms with E-state index < -0.39 is 4.92 Å². The van der Waals surface area contributed by atoms with E-state index >= 15 is 0 Å². The molecule has 0 aliphatic heterocycles. The Labute approximate surface area is 147 Å². The molecular weight excluding hydrogens is 344 g/mol. The Balaban J connectivity index is 1.71. The van der Waals surface area contributed by atoms with Gasteiger partial charge < -0.3 is 10.6 Å². The highest BCUT2D eigenvalue weighted by atomic mass is 32.1. The second-order valence-electron chi connectivity index (χ2n) is 5.31. The monoisotopic (exact) mass is 358 g/mol. The first kappa shape index (κ1) is 16.3. The van der Waals surface area contributed by atoms with Gasteiger partial charge in [-0.25, -0.2) is 4.98 Å². The van der Waals surface area contributed by atoms with Crippen molar-refractivity contribution in [3.8, 4) is 0 Å². The molecule has 0 amide bonds. The number of thiazole rings is 1. The molecule has 0 radical (unpaired) electrons. The first-order chi connectivity index (χ1) is 11.4. The van der Waals surface area contributed by atoms with E-state index in [4.69, 9.17) is 12.2 Å². The van der Waals surface area contributed by atoms with Gasteiger partial charge in [-0.05, 0) is 61.5 Å². The number of thiocarbonyl (C=S) groups is 1. The summed E-state index contributed by atoms with van der Waals surface area (Å²) in [5.74, 6) is 0. The zero-order chi connectivity index (χ0) is 17.3. The van der Waals surface area contributed by atoms with Gasteiger partial charge in [0.25, 0.3) is 5.69 Å². The molecule has 0 saturated heterocycles. The smallest absolute Gasteiger partial charge is 0.269 e. The number of nitro groups is 1. The molecule has 0 spiro atoms. The summed E-state index contributed by atoms with van der Waals surface area (Å²) in [7, 11) is 0. The summed E-state index contributed by atoms with van der Waals surface area (Å²) in [5.41, 5.74) is 4.07. The number of benzene rings is 2. The minimum Gasteiger partial charge on any atom is -0.332 e. The third-order valence-corrected chi connectivity index (χ3v) is 4.70. The van der Waals surface area contributed by atoms with Crippen LogP contribution in [0.4, 0.5) is 16.5 Å². The van der Waals surface area contributed by atoms with Crippen LogP contribution in [0.3, 0.4) is 0 Å². The zero-order valence-corrected chi connectivity index (χ0v) is 14.6. The van der Waals surface area contributed by atoms with E-state index in [2.05, 4.69) is 41.6 Å². The molecule has 24 heavy (non-hydrogen) atoms. The number of nitro benzene ring substituents is 1. The largest absolute Gasteiger partial charge is 0.332 e. The Kier molecular flexibility index (Phi) is 4.41. The molecule has 8 heteroatoms. The molecule has 122 valence electrons. The van der Waals surface area contributed by atoms with Crippen LogP contribution in [0, 0.1) is 24.0 Å². The normalized spacial score (nSPS) is 10.6. The molecule has 2 aromatic carbocycles. The number of rotatable bonds is 3. The molecule has 0 unspecified atom stereocenters. The highest BCUT2D eigenvalue weighted by Gasteiger charge is 2.08. The average Bonchev–Trinajstić information content (AvgIpc) is 2.89. The van der Waals surface area contributed by atoms with Crippen molar-refractivity contribution in [3.63, 3.8) is 0 Å². The minimum absolute atomic E-state index is 0.0383. The third-order valence-electron chi connectivity index (χ3n) is 3.56. The molecule has 0 saturated carbocycles. The molecular formula is C16H14N4O2S2. The maximum absolute atomic E-state index is 10.6. The van der Waals surface area contributed by atoms with Crippen molar-refractivity contribution in [2.24, 2.45) is 0 Å². The predicted octanol–water partition coefficient (Wildman–Crippen LogP) is 4.63. The molecule has 0 atom stereocenters. The third kappa shape index (κ3) is 3.50. The molecule has 3 rings (SSSR count). The molecule has 0 aliphatic carbocycles. The van der Waals surface area contributed by atoms with Gasteiger partial charge in [0.05, 0.1) is 15.1 Å². The molecule has 1 heterocycles. The van der Waals surface area contributed by atoms with Gasteiger partial charge in [-0.1, -0.05) is 11.3 Å². The molecule has 0 fully saturated rings. The molecule has 3 aromatic rings. The molecule has 0 aliphatic rings. The highest BCUT2D eigenvalue weighted by Crippen LogP contribution is 2.28. The second kappa shape index (κ2) is 6.50. The maximum atomic E-state index is 10.6. The van der Waals surface area contributed by atoms with Gasteiger partial charge in [0.15, 0.2) is 10.2 Å². The van der Waals surface area contributed by atoms with E-state index in [9.17, 15) is 10.1 Å². The van der Waals surface area contributed by atoms with Crippen molar-refractivity contribution in [1.29, 1.82) is 0 Å². The van der Waals surface area contributed by atoms with Gasteiger partial charge in [0.2, 0.25) is 0 Å². The van der Waals surface area contributed by atoms with Crippen LogP contribution in [-0.4, -0.2) is 15.0 Å². The fourth-order valence-electron chi connectivity index (χ4n) is 2.16. The lowest BCUT2D eigenvalue weighted by Crippen LogP contribution is -2.18. The first-order valence-electron chi connectivity index (χ1n) is 7.12. The van der Waals surface area contributed by atoms with E-state index in [-0.39, 0.29) is 5.69 Å². The Hall–Kier alpha value is -2.58. The molecule has 1 aromatic heterocycles. The first-order valence-corrected chi connectivity index (χ1v) is 8.35. The van der Waals surface area contributed by atoms with Crippen molar-refractivity contribution in [3.05, 3.63) is 57.6 Å². The number of aromatic nitrogens is 1. The van der Waals surface area contributed by atoms with E-state index in [0.717, 1.165) is 10.2 Å². The number of fused-ring (bicyclic) bond motifs is 1. The fraction of sp³-hybridized carbons (Fsp3) is 0.125. The van der Waals surface area contributed by atoms with E-state index in [0.29, 0.717) is 15.9 Å². The van der Waals surface area contributed by atoms with Gasteiger partial charge in [0.1, 0.15) is 0 Å². The Morgan fingerprint density at radius 1 is 1.17 bits per heavy atom. The number of nitrogens with zero attached hydrogens (tertiary/aromatic N) is 2. The van der Waals surface area contributed by atoms with E-state index in [1.165, 1.54) is 34.6 Å². The SMILES string of the molecule is Cc1cc2nc(NC(=S)Nc3ccc([N+](=O)[O-])cc3)sc2cc1C. The molecule has 0 bridgehead atoms. The summed E-state index contributed by atoms with van der Waals surface area (Å²) in [6.07, 6.45) is 0. The van der Waals surface area contributed by atoms with Crippen LogP contribution in [-0.2, 0) is 0 Å². The lowest BCUT2D eigenvalue weighted by Gasteiger charge is -2.07. The summed E-state index contributed by atoms with van der Waals surface area (Å²) in [5, 5.41) is 17.8. The van der Waals surface area contributed by atoms with Gasteiger partial charge >= 0.3 is 0 Å². The Morgan fingerprint density at radius 2 is 1.83 bits per heavy atom. The van der Waals surface area contributed by atoms with Crippen LogP contribution in [0.15, 0.2) is 36.4 Å². The quantitative estimate of drug-likeness (QED) is 0.404. The minimum atomic E-state index is -0.439. The van der Waals surface area contributed by atoms with Gasteiger partial charge in [-0.3, -0.25) is 10.1 Å². The predicted molar refractivity (Wildman–Crippen MR) is 102 cm³/mol. The molecule has 2 N–H and O–H groups in total. The van der Waals surface area contributed by atoms with Crippen LogP contribution >= 0.6 is 23.6 Å². The maximum Gasteiger partial charge on any atom is 0.269 e. The van der Waals surface area contributed by atoms with Crippen molar-refractivity contribution in [1.82, 2.24) is 4.98 Å². The number of anilines is 2. The number of hydrogen-bond acceptors (Lipinski definition) is 5. The van der Waals surface area contributed by atoms with Gasteiger partial charge in [0, 0.05) is 17.8 Å². The average molecular weight is 358 g/mol.